The summed E-state index contributed by atoms with van der Waals surface area (Å²) in [6.45, 7) is 3.22. The molecule has 1 aromatic carbocycles. The molecule has 0 unspecified atom stereocenters. The quantitative estimate of drug-likeness (QED) is 0.608. The van der Waals surface area contributed by atoms with Gasteiger partial charge in [0.05, 0.1) is 10.4 Å². The van der Waals surface area contributed by atoms with Crippen molar-refractivity contribution in [1.82, 2.24) is 4.72 Å². The predicted molar refractivity (Wildman–Crippen MR) is 64.1 cm³/mol. The van der Waals surface area contributed by atoms with Gasteiger partial charge in [0.2, 0.25) is 10.0 Å². The number of nitrogens with two attached hydrogens (primary N) is 1. The third-order valence-corrected chi connectivity index (χ3v) is 3.57. The summed E-state index contributed by atoms with van der Waals surface area (Å²) >= 11 is 0. The molecule has 1 aromatic rings. The topological polar surface area (TPSA) is 72.2 Å². The summed E-state index contributed by atoms with van der Waals surface area (Å²) in [5, 5.41) is 0. The Hall–Kier alpha value is -1.51. The van der Waals surface area contributed by atoms with Crippen LogP contribution in [0, 0.1) is 12.3 Å². The average Bonchev–Trinajstić information content (AvgIpc) is 2.16. The lowest BCUT2D eigenvalue weighted by molar-refractivity contribution is 0.539. The zero-order valence-electron chi connectivity index (χ0n) is 9.19. The molecule has 0 atom stereocenters. The molecule has 0 radical (unpaired) electrons. The van der Waals surface area contributed by atoms with Gasteiger partial charge < -0.3 is 5.73 Å². The summed E-state index contributed by atoms with van der Waals surface area (Å²) < 4.78 is 26.2. The zero-order chi connectivity index (χ0) is 12.4. The lowest BCUT2D eigenvalue weighted by Gasteiger charge is -2.19. The Morgan fingerprint density at radius 1 is 1.44 bits per heavy atom. The van der Waals surface area contributed by atoms with Gasteiger partial charge in [-0.15, -0.1) is 6.42 Å². The molecule has 0 aliphatic carbocycles. The van der Waals surface area contributed by atoms with Crippen LogP contribution in [0.25, 0.3) is 0 Å². The van der Waals surface area contributed by atoms with Gasteiger partial charge in [0, 0.05) is 5.69 Å². The van der Waals surface area contributed by atoms with Crippen LogP contribution < -0.4 is 10.5 Å². The molecular formula is C11H14N2O2S. The smallest absolute Gasteiger partial charge is 0.241 e. The van der Waals surface area contributed by atoms with E-state index >= 15 is 0 Å². The molecule has 0 spiro atoms. The van der Waals surface area contributed by atoms with Crippen LogP contribution in [0.4, 0.5) is 5.69 Å². The van der Waals surface area contributed by atoms with Crippen LogP contribution in [0.5, 0.6) is 0 Å². The average molecular weight is 238 g/mol. The third-order valence-electron chi connectivity index (χ3n) is 1.92. The molecule has 0 bridgehead atoms. The maximum Gasteiger partial charge on any atom is 0.241 e. The highest BCUT2D eigenvalue weighted by molar-refractivity contribution is 7.89. The van der Waals surface area contributed by atoms with E-state index in [-0.39, 0.29) is 4.90 Å². The van der Waals surface area contributed by atoms with E-state index in [4.69, 9.17) is 12.2 Å². The van der Waals surface area contributed by atoms with Crippen LogP contribution in [0.15, 0.2) is 29.2 Å². The highest BCUT2D eigenvalue weighted by Gasteiger charge is 2.23. The van der Waals surface area contributed by atoms with Crippen molar-refractivity contribution in [2.45, 2.75) is 24.3 Å². The lowest BCUT2D eigenvalue weighted by Crippen LogP contribution is -2.41. The fourth-order valence-electron chi connectivity index (χ4n) is 1.11. The summed E-state index contributed by atoms with van der Waals surface area (Å²) in [5.74, 6) is 2.36. The van der Waals surface area contributed by atoms with Gasteiger partial charge in [0.25, 0.3) is 0 Å². The van der Waals surface area contributed by atoms with Crippen molar-refractivity contribution in [3.63, 3.8) is 0 Å². The fraction of sp³-hybridized carbons (Fsp3) is 0.273. The number of anilines is 1. The minimum Gasteiger partial charge on any atom is -0.399 e. The number of hydrogen-bond acceptors (Lipinski definition) is 3. The minimum atomic E-state index is -3.63. The number of rotatable bonds is 3. The maximum atomic E-state index is 11.9. The molecule has 0 saturated heterocycles. The summed E-state index contributed by atoms with van der Waals surface area (Å²) in [5.41, 5.74) is 4.98. The highest BCUT2D eigenvalue weighted by Crippen LogP contribution is 2.15. The van der Waals surface area contributed by atoms with Crippen LogP contribution in [0.1, 0.15) is 13.8 Å². The lowest BCUT2D eigenvalue weighted by atomic mass is 10.1. The Bertz CT molecular complexity index is 527. The van der Waals surface area contributed by atoms with Crippen LogP contribution in [-0.2, 0) is 10.0 Å². The summed E-state index contributed by atoms with van der Waals surface area (Å²) in [7, 11) is -3.63. The maximum absolute atomic E-state index is 11.9. The molecule has 0 aliphatic rings. The molecule has 0 aromatic heterocycles. The minimum absolute atomic E-state index is 0.107. The molecule has 5 heteroatoms. The van der Waals surface area contributed by atoms with E-state index in [2.05, 4.69) is 10.6 Å². The van der Waals surface area contributed by atoms with E-state index in [1.54, 1.807) is 26.0 Å². The van der Waals surface area contributed by atoms with Crippen molar-refractivity contribution >= 4 is 15.7 Å². The predicted octanol–water partition coefficient (Wildman–Crippen LogP) is 0.959. The van der Waals surface area contributed by atoms with E-state index in [1.807, 2.05) is 0 Å². The normalized spacial score (nSPS) is 12.1. The summed E-state index contributed by atoms with van der Waals surface area (Å²) in [4.78, 5) is 0.107. The number of hydrogen-bond donors (Lipinski definition) is 2. The monoisotopic (exact) mass is 238 g/mol. The molecule has 16 heavy (non-hydrogen) atoms. The van der Waals surface area contributed by atoms with Crippen LogP contribution in [-0.4, -0.2) is 14.0 Å². The third kappa shape index (κ3) is 2.99. The van der Waals surface area contributed by atoms with E-state index in [1.165, 1.54) is 12.1 Å². The first-order valence-corrected chi connectivity index (χ1v) is 6.12. The molecule has 1 rings (SSSR count). The van der Waals surface area contributed by atoms with Crippen LogP contribution in [0.2, 0.25) is 0 Å². The van der Waals surface area contributed by atoms with Gasteiger partial charge in [0.1, 0.15) is 0 Å². The first-order valence-electron chi connectivity index (χ1n) is 4.64. The van der Waals surface area contributed by atoms with E-state index in [9.17, 15) is 8.42 Å². The number of benzene rings is 1. The largest absolute Gasteiger partial charge is 0.399 e. The Morgan fingerprint density at radius 2 is 2.06 bits per heavy atom. The molecule has 3 N–H and O–H groups in total. The molecule has 4 nitrogen and oxygen atoms in total. The molecule has 0 aliphatic heterocycles. The summed E-state index contributed by atoms with van der Waals surface area (Å²) in [6.07, 6.45) is 5.22. The molecule has 0 heterocycles. The number of nitrogens with one attached hydrogen (secondary N) is 1. The van der Waals surface area contributed by atoms with E-state index in [0.29, 0.717) is 5.69 Å². The SMILES string of the molecule is C#CC(C)(C)NS(=O)(=O)c1cccc(N)c1. The van der Waals surface area contributed by atoms with Gasteiger partial charge >= 0.3 is 0 Å². The van der Waals surface area contributed by atoms with E-state index < -0.39 is 15.6 Å². The second kappa shape index (κ2) is 4.16. The van der Waals surface area contributed by atoms with Crippen LogP contribution >= 0.6 is 0 Å². The Kier molecular flexibility index (Phi) is 3.27. The van der Waals surface area contributed by atoms with Gasteiger partial charge in [-0.3, -0.25) is 0 Å². The highest BCUT2D eigenvalue weighted by atomic mass is 32.2. The fourth-order valence-corrected chi connectivity index (χ4v) is 2.50. The van der Waals surface area contributed by atoms with Gasteiger partial charge in [-0.1, -0.05) is 12.0 Å². The second-order valence-electron chi connectivity index (χ2n) is 3.95. The summed E-state index contributed by atoms with van der Waals surface area (Å²) in [6, 6.07) is 6.04. The standard InChI is InChI=1S/C11H14N2O2S/c1-4-11(2,3)13-16(14,15)10-7-5-6-9(12)8-10/h1,5-8,13H,12H2,2-3H3. The van der Waals surface area contributed by atoms with Gasteiger partial charge in [-0.05, 0) is 32.0 Å². The first-order chi connectivity index (χ1) is 7.27. The first kappa shape index (κ1) is 12.6. The van der Waals surface area contributed by atoms with Crippen molar-refractivity contribution in [3.8, 4) is 12.3 Å². The van der Waals surface area contributed by atoms with Crippen molar-refractivity contribution in [2.24, 2.45) is 0 Å². The Balaban J connectivity index is 3.10. The molecular weight excluding hydrogens is 224 g/mol. The van der Waals surface area contributed by atoms with Crippen molar-refractivity contribution in [3.05, 3.63) is 24.3 Å². The molecule has 86 valence electrons. The van der Waals surface area contributed by atoms with Gasteiger partial charge in [-0.25, -0.2) is 8.42 Å². The van der Waals surface area contributed by atoms with Crippen molar-refractivity contribution < 1.29 is 8.42 Å². The van der Waals surface area contributed by atoms with E-state index in [0.717, 1.165) is 0 Å². The second-order valence-corrected chi connectivity index (χ2v) is 5.63. The molecule has 0 amide bonds. The van der Waals surface area contributed by atoms with Gasteiger partial charge in [0.15, 0.2) is 0 Å². The Labute approximate surface area is 95.9 Å². The number of terminal acetylenes is 1. The van der Waals surface area contributed by atoms with Crippen molar-refractivity contribution in [2.75, 3.05) is 5.73 Å². The number of sulfonamides is 1. The molecule has 0 saturated carbocycles. The van der Waals surface area contributed by atoms with Crippen LogP contribution in [0.3, 0.4) is 0 Å². The zero-order valence-corrected chi connectivity index (χ0v) is 10.0. The number of nitrogen functional groups attached to an aromatic ring is 1. The molecule has 0 fully saturated rings. The van der Waals surface area contributed by atoms with Crippen molar-refractivity contribution in [1.29, 1.82) is 0 Å². The Morgan fingerprint density at radius 3 is 2.56 bits per heavy atom. The van der Waals surface area contributed by atoms with Gasteiger partial charge in [-0.2, -0.15) is 4.72 Å².